The van der Waals surface area contributed by atoms with E-state index >= 15 is 0 Å². The Balaban J connectivity index is 2.34. The molecule has 1 atom stereocenters. The Kier molecular flexibility index (Phi) is 2.14. The maximum atomic E-state index is 5.33. The van der Waals surface area contributed by atoms with Gasteiger partial charge in [-0.15, -0.1) is 11.3 Å². The van der Waals surface area contributed by atoms with Gasteiger partial charge in [0.25, 0.3) is 0 Å². The summed E-state index contributed by atoms with van der Waals surface area (Å²) in [5, 5.41) is 1.21. The van der Waals surface area contributed by atoms with Crippen LogP contribution in [0.5, 0.6) is 0 Å². The van der Waals surface area contributed by atoms with Crippen LogP contribution >= 0.6 is 23.6 Å². The van der Waals surface area contributed by atoms with E-state index in [1.807, 2.05) is 11.3 Å². The molecule has 0 radical (unpaired) electrons. The first kappa shape index (κ1) is 9.48. The Bertz CT molecular complexity index is 567. The number of fused-ring (bicyclic) bond motifs is 3. The molecular formula is C11H12N2S2. The number of rotatable bonds is 0. The molecular weight excluding hydrogens is 224 g/mol. The average Bonchev–Trinajstić information content (AvgIpc) is 2.56. The molecule has 2 aromatic heterocycles. The molecule has 2 heterocycles. The maximum absolute atomic E-state index is 5.33. The van der Waals surface area contributed by atoms with Gasteiger partial charge in [-0.25, -0.2) is 4.98 Å². The minimum absolute atomic E-state index is 0.808. The third-order valence-corrected chi connectivity index (χ3v) is 4.58. The van der Waals surface area contributed by atoms with Crippen LogP contribution in [0.4, 0.5) is 0 Å². The van der Waals surface area contributed by atoms with Crippen molar-refractivity contribution in [1.29, 1.82) is 0 Å². The van der Waals surface area contributed by atoms with Crippen LogP contribution in [0.2, 0.25) is 0 Å². The van der Waals surface area contributed by atoms with E-state index in [1.165, 1.54) is 35.1 Å². The minimum Gasteiger partial charge on any atom is -0.337 e. The minimum atomic E-state index is 0.808. The average molecular weight is 236 g/mol. The molecule has 0 amide bonds. The van der Waals surface area contributed by atoms with Gasteiger partial charge in [-0.1, -0.05) is 19.1 Å². The van der Waals surface area contributed by atoms with Gasteiger partial charge in [0.1, 0.15) is 9.47 Å². The van der Waals surface area contributed by atoms with Crippen LogP contribution in [0.3, 0.4) is 0 Å². The molecule has 0 unspecified atom stereocenters. The van der Waals surface area contributed by atoms with Gasteiger partial charge in [0.15, 0.2) is 0 Å². The smallest absolute Gasteiger partial charge is 0.128 e. The first-order valence-corrected chi connectivity index (χ1v) is 6.46. The molecule has 0 spiro atoms. The Hall–Kier alpha value is -0.740. The molecule has 0 saturated carbocycles. The lowest BCUT2D eigenvalue weighted by atomic mass is 9.89. The summed E-state index contributed by atoms with van der Waals surface area (Å²) in [5.41, 5.74) is 1.46. The highest BCUT2D eigenvalue weighted by molar-refractivity contribution is 7.71. The van der Waals surface area contributed by atoms with Crippen LogP contribution in [-0.2, 0) is 12.8 Å². The van der Waals surface area contributed by atoms with Gasteiger partial charge in [-0.05, 0) is 30.7 Å². The van der Waals surface area contributed by atoms with Gasteiger partial charge >= 0.3 is 0 Å². The van der Waals surface area contributed by atoms with Crippen molar-refractivity contribution in [2.75, 3.05) is 0 Å². The molecule has 1 aliphatic rings. The monoisotopic (exact) mass is 236 g/mol. The molecule has 0 saturated heterocycles. The molecule has 3 rings (SSSR count). The van der Waals surface area contributed by atoms with E-state index in [9.17, 15) is 0 Å². The van der Waals surface area contributed by atoms with Gasteiger partial charge in [-0.3, -0.25) is 0 Å². The first-order valence-electron chi connectivity index (χ1n) is 5.23. The predicted octanol–water partition coefficient (Wildman–Crippen LogP) is 3.48. The van der Waals surface area contributed by atoms with E-state index in [-0.39, 0.29) is 0 Å². The van der Waals surface area contributed by atoms with Crippen LogP contribution < -0.4 is 0 Å². The number of aromatic nitrogens is 2. The summed E-state index contributed by atoms with van der Waals surface area (Å²) in [6.07, 6.45) is 5.35. The molecule has 2 aromatic rings. The van der Waals surface area contributed by atoms with E-state index in [1.54, 1.807) is 6.33 Å². The van der Waals surface area contributed by atoms with Crippen molar-refractivity contribution in [3.63, 3.8) is 0 Å². The Labute approximate surface area is 97.4 Å². The second-order valence-electron chi connectivity index (χ2n) is 4.26. The summed E-state index contributed by atoms with van der Waals surface area (Å²) in [6, 6.07) is 0. The number of H-pyrrole nitrogens is 1. The number of aromatic amines is 1. The van der Waals surface area contributed by atoms with Gasteiger partial charge in [0, 0.05) is 10.3 Å². The lowest BCUT2D eigenvalue weighted by Crippen LogP contribution is -2.08. The van der Waals surface area contributed by atoms with Crippen LogP contribution in [0, 0.1) is 10.6 Å². The Morgan fingerprint density at radius 1 is 1.60 bits per heavy atom. The van der Waals surface area contributed by atoms with Crippen molar-refractivity contribution < 1.29 is 0 Å². The number of nitrogens with one attached hydrogen (secondary N) is 1. The number of hydrogen-bond donors (Lipinski definition) is 1. The van der Waals surface area contributed by atoms with E-state index in [0.717, 1.165) is 15.4 Å². The number of thiophene rings is 1. The molecule has 0 bridgehead atoms. The lowest BCUT2D eigenvalue weighted by molar-refractivity contribution is 0.509. The van der Waals surface area contributed by atoms with E-state index in [4.69, 9.17) is 12.2 Å². The number of nitrogens with zero attached hydrogens (tertiary/aromatic N) is 1. The van der Waals surface area contributed by atoms with Crippen molar-refractivity contribution in [2.24, 2.45) is 5.92 Å². The van der Waals surface area contributed by atoms with Gasteiger partial charge < -0.3 is 4.98 Å². The van der Waals surface area contributed by atoms with Crippen molar-refractivity contribution in [3.8, 4) is 0 Å². The summed E-state index contributed by atoms with van der Waals surface area (Å²) in [6.45, 7) is 2.32. The van der Waals surface area contributed by atoms with E-state index in [0.29, 0.717) is 0 Å². The molecule has 1 aliphatic carbocycles. The fraction of sp³-hybridized carbons (Fsp3) is 0.455. The molecule has 0 fully saturated rings. The molecule has 2 nitrogen and oxygen atoms in total. The summed E-state index contributed by atoms with van der Waals surface area (Å²) >= 11 is 7.15. The summed E-state index contributed by atoms with van der Waals surface area (Å²) in [4.78, 5) is 10.0. The van der Waals surface area contributed by atoms with Crippen LogP contribution in [-0.4, -0.2) is 9.97 Å². The molecule has 1 N–H and O–H groups in total. The highest BCUT2D eigenvalue weighted by Crippen LogP contribution is 2.36. The second kappa shape index (κ2) is 3.39. The SMILES string of the molecule is C[C@H]1CCc2c(sc3nc[nH]c(=S)c23)C1. The number of hydrogen-bond acceptors (Lipinski definition) is 3. The fourth-order valence-electron chi connectivity index (χ4n) is 2.28. The van der Waals surface area contributed by atoms with Gasteiger partial charge in [0.2, 0.25) is 0 Å². The van der Waals surface area contributed by atoms with E-state index < -0.39 is 0 Å². The van der Waals surface area contributed by atoms with Crippen LogP contribution in [0.15, 0.2) is 6.33 Å². The van der Waals surface area contributed by atoms with E-state index in [2.05, 4.69) is 16.9 Å². The van der Waals surface area contributed by atoms with Crippen LogP contribution in [0.1, 0.15) is 23.8 Å². The normalized spacial score (nSPS) is 20.5. The molecule has 0 aliphatic heterocycles. The highest BCUT2D eigenvalue weighted by Gasteiger charge is 2.21. The summed E-state index contributed by atoms with van der Waals surface area (Å²) in [7, 11) is 0. The van der Waals surface area contributed by atoms with Gasteiger partial charge in [-0.2, -0.15) is 0 Å². The fourth-order valence-corrected chi connectivity index (χ4v) is 3.98. The molecule has 78 valence electrons. The Morgan fingerprint density at radius 3 is 3.33 bits per heavy atom. The molecule has 15 heavy (non-hydrogen) atoms. The van der Waals surface area contributed by atoms with Crippen molar-refractivity contribution >= 4 is 33.8 Å². The maximum Gasteiger partial charge on any atom is 0.128 e. The zero-order chi connectivity index (χ0) is 10.4. The third kappa shape index (κ3) is 1.43. The zero-order valence-corrected chi connectivity index (χ0v) is 10.2. The molecule has 0 aromatic carbocycles. The van der Waals surface area contributed by atoms with Gasteiger partial charge in [0.05, 0.1) is 6.33 Å². The summed E-state index contributed by atoms with van der Waals surface area (Å²) < 4.78 is 0.854. The summed E-state index contributed by atoms with van der Waals surface area (Å²) in [5.74, 6) is 0.808. The quantitative estimate of drug-likeness (QED) is 0.709. The zero-order valence-electron chi connectivity index (χ0n) is 8.54. The Morgan fingerprint density at radius 2 is 2.47 bits per heavy atom. The van der Waals surface area contributed by atoms with Crippen molar-refractivity contribution in [1.82, 2.24) is 9.97 Å². The number of aryl methyl sites for hydroxylation is 1. The predicted molar refractivity (Wildman–Crippen MR) is 66.0 cm³/mol. The third-order valence-electron chi connectivity index (χ3n) is 3.10. The lowest BCUT2D eigenvalue weighted by Gasteiger charge is -2.17. The topological polar surface area (TPSA) is 28.7 Å². The van der Waals surface area contributed by atoms with Crippen molar-refractivity contribution in [2.45, 2.75) is 26.2 Å². The largest absolute Gasteiger partial charge is 0.337 e. The van der Waals surface area contributed by atoms with Crippen LogP contribution in [0.25, 0.3) is 10.2 Å². The first-order chi connectivity index (χ1) is 7.25. The molecule has 4 heteroatoms. The highest BCUT2D eigenvalue weighted by atomic mass is 32.1. The standard InChI is InChI=1S/C11H12N2S2/c1-6-2-3-7-8(4-6)15-11-9(7)10(14)12-5-13-11/h5-6H,2-4H2,1H3,(H,12,13,14)/t6-/m0/s1. The second-order valence-corrected chi connectivity index (χ2v) is 5.76. The van der Waals surface area contributed by atoms with Crippen molar-refractivity contribution in [3.05, 3.63) is 21.4 Å².